The van der Waals surface area contributed by atoms with Crippen LogP contribution in [0.2, 0.25) is 5.02 Å². The molecule has 0 unspecified atom stereocenters. The first-order valence-electron chi connectivity index (χ1n) is 5.19. The van der Waals surface area contributed by atoms with E-state index in [9.17, 15) is 18.0 Å². The molecule has 0 aromatic heterocycles. The molecule has 1 amide bonds. The maximum atomic E-state index is 13.0. The summed E-state index contributed by atoms with van der Waals surface area (Å²) in [5.41, 5.74) is 0.108. The van der Waals surface area contributed by atoms with E-state index in [0.717, 1.165) is 30.3 Å². The third-order valence-corrected chi connectivity index (χ3v) is 2.67. The highest BCUT2D eigenvalue weighted by atomic mass is 35.5. The van der Waals surface area contributed by atoms with E-state index in [2.05, 4.69) is 5.32 Å². The molecule has 0 heterocycles. The number of carbonyl (C=O) groups is 1. The Hall–Kier alpha value is -2.01. The van der Waals surface area contributed by atoms with E-state index >= 15 is 0 Å². The molecule has 0 radical (unpaired) electrons. The molecule has 19 heavy (non-hydrogen) atoms. The maximum absolute atomic E-state index is 13.0. The van der Waals surface area contributed by atoms with E-state index in [1.807, 2.05) is 0 Å². The van der Waals surface area contributed by atoms with Crippen LogP contribution in [-0.4, -0.2) is 5.91 Å². The van der Waals surface area contributed by atoms with Crippen molar-refractivity contribution in [1.82, 2.24) is 0 Å². The SMILES string of the molecule is O=C(Nc1ccc(F)cc1Cl)c1ccc(F)c(F)c1. The van der Waals surface area contributed by atoms with E-state index in [-0.39, 0.29) is 16.3 Å². The molecule has 2 nitrogen and oxygen atoms in total. The Morgan fingerprint density at radius 1 is 1.00 bits per heavy atom. The third-order valence-electron chi connectivity index (χ3n) is 2.36. The lowest BCUT2D eigenvalue weighted by Gasteiger charge is -2.07. The molecule has 0 aliphatic heterocycles. The van der Waals surface area contributed by atoms with Gasteiger partial charge in [0.2, 0.25) is 0 Å². The number of rotatable bonds is 2. The normalized spacial score (nSPS) is 10.3. The van der Waals surface area contributed by atoms with Crippen LogP contribution in [0.5, 0.6) is 0 Å². The number of carbonyl (C=O) groups excluding carboxylic acids is 1. The molecule has 98 valence electrons. The molecule has 0 bridgehead atoms. The Labute approximate surface area is 111 Å². The van der Waals surface area contributed by atoms with Crippen LogP contribution in [0.1, 0.15) is 10.4 Å². The first kappa shape index (κ1) is 13.4. The Morgan fingerprint density at radius 3 is 2.37 bits per heavy atom. The quantitative estimate of drug-likeness (QED) is 0.887. The Bertz CT molecular complexity index is 646. The van der Waals surface area contributed by atoms with Crippen LogP contribution in [0.25, 0.3) is 0 Å². The van der Waals surface area contributed by atoms with E-state index < -0.39 is 23.4 Å². The number of anilines is 1. The number of halogens is 4. The Kier molecular flexibility index (Phi) is 3.76. The minimum atomic E-state index is -1.13. The zero-order valence-corrected chi connectivity index (χ0v) is 10.1. The largest absolute Gasteiger partial charge is 0.321 e. The smallest absolute Gasteiger partial charge is 0.255 e. The molecule has 0 saturated heterocycles. The van der Waals surface area contributed by atoms with Gasteiger partial charge in [-0.15, -0.1) is 0 Å². The van der Waals surface area contributed by atoms with Gasteiger partial charge in [-0.3, -0.25) is 4.79 Å². The van der Waals surface area contributed by atoms with Gasteiger partial charge in [0, 0.05) is 5.56 Å². The number of nitrogens with one attached hydrogen (secondary N) is 1. The van der Waals surface area contributed by atoms with Crippen molar-refractivity contribution in [2.45, 2.75) is 0 Å². The molecule has 2 rings (SSSR count). The van der Waals surface area contributed by atoms with Gasteiger partial charge in [-0.1, -0.05) is 11.6 Å². The van der Waals surface area contributed by atoms with Crippen molar-refractivity contribution in [2.75, 3.05) is 5.32 Å². The van der Waals surface area contributed by atoms with Crippen molar-refractivity contribution in [3.8, 4) is 0 Å². The van der Waals surface area contributed by atoms with Crippen LogP contribution < -0.4 is 5.32 Å². The van der Waals surface area contributed by atoms with Crippen molar-refractivity contribution in [3.63, 3.8) is 0 Å². The highest BCUT2D eigenvalue weighted by Crippen LogP contribution is 2.23. The topological polar surface area (TPSA) is 29.1 Å². The Morgan fingerprint density at radius 2 is 1.74 bits per heavy atom. The predicted molar refractivity (Wildman–Crippen MR) is 65.7 cm³/mol. The van der Waals surface area contributed by atoms with Crippen molar-refractivity contribution in [3.05, 3.63) is 64.4 Å². The molecular formula is C13H7ClF3NO. The summed E-state index contributed by atoms with van der Waals surface area (Å²) in [6, 6.07) is 6.16. The lowest BCUT2D eigenvalue weighted by Crippen LogP contribution is -2.12. The second-order valence-corrected chi connectivity index (χ2v) is 4.11. The summed E-state index contributed by atoms with van der Waals surface area (Å²) >= 11 is 5.73. The maximum Gasteiger partial charge on any atom is 0.255 e. The van der Waals surface area contributed by atoms with Crippen LogP contribution in [0.15, 0.2) is 36.4 Å². The minimum Gasteiger partial charge on any atom is -0.321 e. The molecule has 0 atom stereocenters. The summed E-state index contributed by atoms with van der Waals surface area (Å²) < 4.78 is 38.5. The van der Waals surface area contributed by atoms with Gasteiger partial charge < -0.3 is 5.32 Å². The molecule has 1 N–H and O–H groups in total. The van der Waals surface area contributed by atoms with Crippen LogP contribution in [0.3, 0.4) is 0 Å². The molecule has 0 saturated carbocycles. The van der Waals surface area contributed by atoms with E-state index in [1.165, 1.54) is 6.07 Å². The van der Waals surface area contributed by atoms with Gasteiger partial charge in [0.1, 0.15) is 5.82 Å². The highest BCUT2D eigenvalue weighted by Gasteiger charge is 2.11. The average Bonchev–Trinajstić information content (AvgIpc) is 2.36. The van der Waals surface area contributed by atoms with Gasteiger partial charge in [-0.2, -0.15) is 0 Å². The molecule has 0 spiro atoms. The summed E-state index contributed by atoms with van der Waals surface area (Å²) in [6.07, 6.45) is 0. The summed E-state index contributed by atoms with van der Waals surface area (Å²) in [7, 11) is 0. The first-order chi connectivity index (χ1) is 8.97. The van der Waals surface area contributed by atoms with E-state index in [0.29, 0.717) is 0 Å². The van der Waals surface area contributed by atoms with Crippen LogP contribution in [-0.2, 0) is 0 Å². The van der Waals surface area contributed by atoms with Gasteiger partial charge in [0.25, 0.3) is 5.91 Å². The van der Waals surface area contributed by atoms with Crippen molar-refractivity contribution < 1.29 is 18.0 Å². The first-order valence-corrected chi connectivity index (χ1v) is 5.56. The Balaban J connectivity index is 2.23. The van der Waals surface area contributed by atoms with Crippen molar-refractivity contribution in [2.24, 2.45) is 0 Å². The number of hydrogen-bond acceptors (Lipinski definition) is 1. The summed E-state index contributed by atoms with van der Waals surface area (Å²) in [5.74, 6) is -3.39. The molecular weight excluding hydrogens is 279 g/mol. The van der Waals surface area contributed by atoms with Crippen molar-refractivity contribution >= 4 is 23.2 Å². The summed E-state index contributed by atoms with van der Waals surface area (Å²) in [6.45, 7) is 0. The monoisotopic (exact) mass is 285 g/mol. The zero-order valence-electron chi connectivity index (χ0n) is 9.38. The summed E-state index contributed by atoms with van der Waals surface area (Å²) in [4.78, 5) is 11.8. The zero-order chi connectivity index (χ0) is 14.0. The van der Waals surface area contributed by atoms with Gasteiger partial charge in [0.15, 0.2) is 11.6 Å². The van der Waals surface area contributed by atoms with E-state index in [4.69, 9.17) is 11.6 Å². The fraction of sp³-hybridized carbons (Fsp3) is 0. The third kappa shape index (κ3) is 3.06. The number of hydrogen-bond donors (Lipinski definition) is 1. The second-order valence-electron chi connectivity index (χ2n) is 3.71. The van der Waals surface area contributed by atoms with Crippen LogP contribution in [0, 0.1) is 17.5 Å². The highest BCUT2D eigenvalue weighted by molar-refractivity contribution is 6.33. The van der Waals surface area contributed by atoms with Gasteiger partial charge in [-0.05, 0) is 36.4 Å². The lowest BCUT2D eigenvalue weighted by atomic mass is 10.2. The average molecular weight is 286 g/mol. The van der Waals surface area contributed by atoms with Crippen LogP contribution in [0.4, 0.5) is 18.9 Å². The molecule has 0 aliphatic carbocycles. The standard InChI is InChI=1S/C13H7ClF3NO/c14-9-6-8(15)2-4-12(9)18-13(19)7-1-3-10(16)11(17)5-7/h1-6H,(H,18,19). The van der Waals surface area contributed by atoms with Gasteiger partial charge in [-0.25, -0.2) is 13.2 Å². The van der Waals surface area contributed by atoms with Gasteiger partial charge >= 0.3 is 0 Å². The summed E-state index contributed by atoms with van der Waals surface area (Å²) in [5, 5.41) is 2.38. The second kappa shape index (κ2) is 5.32. The fourth-order valence-electron chi connectivity index (χ4n) is 1.42. The van der Waals surface area contributed by atoms with Crippen molar-refractivity contribution in [1.29, 1.82) is 0 Å². The molecule has 2 aromatic carbocycles. The minimum absolute atomic E-state index is 0.0101. The number of benzene rings is 2. The molecule has 2 aromatic rings. The number of amides is 1. The molecule has 0 aliphatic rings. The fourth-order valence-corrected chi connectivity index (χ4v) is 1.64. The van der Waals surface area contributed by atoms with E-state index in [1.54, 1.807) is 0 Å². The molecule has 6 heteroatoms. The molecule has 0 fully saturated rings. The van der Waals surface area contributed by atoms with Gasteiger partial charge in [0.05, 0.1) is 10.7 Å². The lowest BCUT2D eigenvalue weighted by molar-refractivity contribution is 0.102. The predicted octanol–water partition coefficient (Wildman–Crippen LogP) is 4.01. The van der Waals surface area contributed by atoms with Crippen LogP contribution >= 0.6 is 11.6 Å².